The third kappa shape index (κ3) is 5.58. The maximum atomic E-state index is 17.2. The van der Waals surface area contributed by atoms with Gasteiger partial charge in [0.25, 0.3) is 0 Å². The molecule has 264 valence electrons. The first-order valence-electron chi connectivity index (χ1n) is 18.8. The minimum Gasteiger partial charge on any atom is -0.359 e. The van der Waals surface area contributed by atoms with Crippen LogP contribution in [0.5, 0.6) is 0 Å². The molecule has 3 unspecified atom stereocenters. The second-order valence-electron chi connectivity index (χ2n) is 16.3. The van der Waals surface area contributed by atoms with Crippen molar-refractivity contribution in [2.75, 3.05) is 37.6 Å². The van der Waals surface area contributed by atoms with Crippen molar-refractivity contribution >= 4 is 27.6 Å². The van der Waals surface area contributed by atoms with Gasteiger partial charge in [-0.15, -0.1) is 6.42 Å². The van der Waals surface area contributed by atoms with Gasteiger partial charge in [0.1, 0.15) is 16.9 Å². The van der Waals surface area contributed by atoms with Crippen molar-refractivity contribution in [2.45, 2.75) is 76.8 Å². The predicted molar refractivity (Wildman–Crippen MR) is 199 cm³/mol. The number of hydrogen-bond donors (Lipinski definition) is 2. The Kier molecular flexibility index (Phi) is 7.70. The van der Waals surface area contributed by atoms with E-state index in [2.05, 4.69) is 39.5 Å². The molecule has 5 aliphatic rings. The number of pyridine rings is 1. The summed E-state index contributed by atoms with van der Waals surface area (Å²) in [5.41, 5.74) is 4.67. The van der Waals surface area contributed by atoms with Crippen LogP contribution in [0.4, 0.5) is 14.6 Å². The highest BCUT2D eigenvalue weighted by atomic mass is 19.1. The van der Waals surface area contributed by atoms with Crippen molar-refractivity contribution in [1.82, 2.24) is 30.1 Å². The highest BCUT2D eigenvalue weighted by Crippen LogP contribution is 2.52. The second-order valence-corrected chi connectivity index (χ2v) is 16.3. The van der Waals surface area contributed by atoms with Gasteiger partial charge >= 0.3 is 0 Å². The quantitative estimate of drug-likeness (QED) is 0.192. The lowest BCUT2D eigenvalue weighted by Gasteiger charge is -2.41. The first-order valence-corrected chi connectivity index (χ1v) is 18.8. The van der Waals surface area contributed by atoms with Gasteiger partial charge < -0.3 is 25.0 Å². The van der Waals surface area contributed by atoms with Crippen LogP contribution in [0.15, 0.2) is 55.3 Å². The zero-order chi connectivity index (χ0) is 35.1. The number of likely N-dealkylation sites (tertiary alicyclic amines) is 1. The summed E-state index contributed by atoms with van der Waals surface area (Å²) in [4.78, 5) is 14.8. The number of piperidine rings is 1. The summed E-state index contributed by atoms with van der Waals surface area (Å²) in [7, 11) is 0. The molecule has 2 aromatic heterocycles. The minimum atomic E-state index is -0.443. The average Bonchev–Trinajstić information content (AvgIpc) is 3.38. The van der Waals surface area contributed by atoms with E-state index >= 15 is 4.39 Å². The van der Waals surface area contributed by atoms with Crippen LogP contribution in [0.25, 0.3) is 21.8 Å². The van der Waals surface area contributed by atoms with E-state index in [1.807, 2.05) is 23.6 Å². The summed E-state index contributed by atoms with van der Waals surface area (Å²) in [5, 5.41) is 8.30. The Balaban J connectivity index is 1.09. The zero-order valence-corrected chi connectivity index (χ0v) is 29.6. The summed E-state index contributed by atoms with van der Waals surface area (Å²) < 4.78 is 34.1. The molecule has 2 saturated carbocycles. The molecule has 0 radical (unpaired) electrons. The van der Waals surface area contributed by atoms with Crippen LogP contribution in [-0.2, 0) is 13.0 Å². The molecule has 0 bridgehead atoms. The molecule has 9 heteroatoms. The molecule has 5 heterocycles. The SMILES string of the molecule is C#Cc1c(F)ccc2cc(C)cc(Cn3cnc4c(CCC5(CN6CC7CCCC7C6)CC5)nc(N5CCCC6(C5)NC(=C)NC6=C)c(F)c43)c12. The number of benzene rings is 2. The highest BCUT2D eigenvalue weighted by molar-refractivity contribution is 5.92. The number of anilines is 1. The first kappa shape index (κ1) is 32.5. The van der Waals surface area contributed by atoms with Crippen molar-refractivity contribution in [1.29, 1.82) is 0 Å². The number of terminal acetylenes is 1. The highest BCUT2D eigenvalue weighted by Gasteiger charge is 2.47. The summed E-state index contributed by atoms with van der Waals surface area (Å²) in [6, 6.07) is 7.21. The smallest absolute Gasteiger partial charge is 0.191 e. The third-order valence-corrected chi connectivity index (χ3v) is 12.8. The van der Waals surface area contributed by atoms with Gasteiger partial charge in [0.15, 0.2) is 11.6 Å². The second kappa shape index (κ2) is 12.1. The van der Waals surface area contributed by atoms with E-state index in [9.17, 15) is 4.39 Å². The molecule has 3 saturated heterocycles. The molecule has 5 fully saturated rings. The van der Waals surface area contributed by atoms with E-state index < -0.39 is 11.4 Å². The number of fused-ring (bicyclic) bond motifs is 3. The van der Waals surface area contributed by atoms with E-state index in [-0.39, 0.29) is 11.4 Å². The van der Waals surface area contributed by atoms with Gasteiger partial charge in [0, 0.05) is 50.4 Å². The number of nitrogens with zero attached hydrogens (tertiary/aromatic N) is 5. The van der Waals surface area contributed by atoms with E-state index in [0.29, 0.717) is 53.1 Å². The van der Waals surface area contributed by atoms with Crippen LogP contribution in [0.3, 0.4) is 0 Å². The molecule has 3 aliphatic heterocycles. The number of hydrogen-bond acceptors (Lipinski definition) is 6. The summed E-state index contributed by atoms with van der Waals surface area (Å²) in [6.07, 6.45) is 17.7. The van der Waals surface area contributed by atoms with Crippen LogP contribution >= 0.6 is 0 Å². The largest absolute Gasteiger partial charge is 0.359 e. The fourth-order valence-electron chi connectivity index (χ4n) is 10.1. The Labute approximate surface area is 299 Å². The standard InChI is InChI=1S/C42H47F2N7/c1-5-33-34(43)11-10-29-18-26(2)19-32(36(29)33)22-51-25-45-38-35(12-14-41(15-16-41)23-49-20-30-8-6-9-31(30)21-49)47-40(37(44)39(38)51)50-17-7-13-42(24-50)27(3)46-28(4)48-42/h1,10-11,18-19,25,30-31,46,48H,3-4,6-9,12-17,20-24H2,2H3. The molecule has 1 spiro atoms. The topological polar surface area (TPSA) is 61.3 Å². The normalized spacial score (nSPS) is 25.5. The monoisotopic (exact) mass is 687 g/mol. The Morgan fingerprint density at radius 1 is 1.08 bits per heavy atom. The molecule has 51 heavy (non-hydrogen) atoms. The van der Waals surface area contributed by atoms with Crippen LogP contribution < -0.4 is 15.5 Å². The number of halogens is 2. The Morgan fingerprint density at radius 3 is 2.61 bits per heavy atom. The maximum absolute atomic E-state index is 17.2. The predicted octanol–water partition coefficient (Wildman–Crippen LogP) is 7.16. The average molecular weight is 688 g/mol. The summed E-state index contributed by atoms with van der Waals surface area (Å²) in [6.45, 7) is 15.5. The van der Waals surface area contributed by atoms with Gasteiger partial charge in [-0.2, -0.15) is 0 Å². The lowest BCUT2D eigenvalue weighted by Crippen LogP contribution is -2.55. The Hall–Kier alpha value is -4.42. The molecule has 3 atom stereocenters. The lowest BCUT2D eigenvalue weighted by molar-refractivity contribution is 0.237. The summed E-state index contributed by atoms with van der Waals surface area (Å²) >= 11 is 0. The number of rotatable bonds is 8. The Bertz CT molecular complexity index is 2130. The molecular formula is C42H47F2N7. The molecule has 7 nitrogen and oxygen atoms in total. The molecule has 2 N–H and O–H groups in total. The van der Waals surface area contributed by atoms with Gasteiger partial charge in [0.2, 0.25) is 0 Å². The van der Waals surface area contributed by atoms with Gasteiger partial charge in [-0.05, 0) is 92.6 Å². The van der Waals surface area contributed by atoms with Gasteiger partial charge in [-0.3, -0.25) is 0 Å². The van der Waals surface area contributed by atoms with Crippen LogP contribution in [0, 0.1) is 48.2 Å². The minimum absolute atomic E-state index is 0.227. The first-order chi connectivity index (χ1) is 24.6. The zero-order valence-electron chi connectivity index (χ0n) is 29.6. The number of aromatic nitrogens is 3. The molecule has 2 aliphatic carbocycles. The maximum Gasteiger partial charge on any atom is 0.191 e. The van der Waals surface area contributed by atoms with Crippen molar-refractivity contribution in [2.24, 2.45) is 17.3 Å². The van der Waals surface area contributed by atoms with E-state index in [1.54, 1.807) is 12.4 Å². The van der Waals surface area contributed by atoms with E-state index in [4.69, 9.17) is 16.4 Å². The number of aryl methyl sites for hydroxylation is 2. The fourth-order valence-corrected chi connectivity index (χ4v) is 10.1. The van der Waals surface area contributed by atoms with Gasteiger partial charge in [-0.25, -0.2) is 18.7 Å². The van der Waals surface area contributed by atoms with Crippen molar-refractivity contribution in [3.05, 3.63) is 89.3 Å². The van der Waals surface area contributed by atoms with Crippen LogP contribution in [0.2, 0.25) is 0 Å². The van der Waals surface area contributed by atoms with E-state index in [0.717, 1.165) is 72.0 Å². The molecule has 0 amide bonds. The van der Waals surface area contributed by atoms with Crippen molar-refractivity contribution in [3.8, 4) is 12.3 Å². The molecule has 4 aromatic rings. The van der Waals surface area contributed by atoms with Crippen LogP contribution in [-0.4, -0.2) is 57.7 Å². The van der Waals surface area contributed by atoms with Crippen molar-refractivity contribution < 1.29 is 8.78 Å². The van der Waals surface area contributed by atoms with Gasteiger partial charge in [0.05, 0.1) is 28.9 Å². The molecule has 9 rings (SSSR count). The third-order valence-electron chi connectivity index (χ3n) is 12.8. The summed E-state index contributed by atoms with van der Waals surface area (Å²) in [5.74, 6) is 4.59. The Morgan fingerprint density at radius 2 is 1.88 bits per heavy atom. The number of imidazole rings is 1. The van der Waals surface area contributed by atoms with Crippen molar-refractivity contribution in [3.63, 3.8) is 0 Å². The van der Waals surface area contributed by atoms with E-state index in [1.165, 1.54) is 51.3 Å². The van der Waals surface area contributed by atoms with Gasteiger partial charge in [-0.1, -0.05) is 49.3 Å². The fraction of sp³-hybridized carbons (Fsp3) is 0.476. The van der Waals surface area contributed by atoms with Crippen LogP contribution in [0.1, 0.15) is 73.8 Å². The number of nitrogens with one attached hydrogen (secondary N) is 2. The lowest BCUT2D eigenvalue weighted by atomic mass is 9.87. The molecular weight excluding hydrogens is 641 g/mol. The molecule has 2 aromatic carbocycles.